The van der Waals surface area contributed by atoms with Crippen LogP contribution < -0.4 is 10.5 Å². The van der Waals surface area contributed by atoms with E-state index in [1.807, 2.05) is 0 Å². The fourth-order valence-electron chi connectivity index (χ4n) is 1.81. The highest BCUT2D eigenvalue weighted by Crippen LogP contribution is 2.23. The maximum absolute atomic E-state index is 13.7. The largest absolute Gasteiger partial charge is 0.482 e. The third kappa shape index (κ3) is 3.08. The molecule has 0 saturated heterocycles. The lowest BCUT2D eigenvalue weighted by Crippen LogP contribution is -2.10. The molecule has 2 N–H and O–H groups in total. The van der Waals surface area contributed by atoms with Gasteiger partial charge in [0.25, 0.3) is 0 Å². The van der Waals surface area contributed by atoms with Gasteiger partial charge in [-0.05, 0) is 12.5 Å². The van der Waals surface area contributed by atoms with E-state index in [-0.39, 0.29) is 18.9 Å². The number of para-hydroxylation sites is 1. The van der Waals surface area contributed by atoms with Crippen molar-refractivity contribution in [2.45, 2.75) is 33.0 Å². The SMILES string of the molecule is CCCn1ncnc1COc1c(F)cccc1CN. The summed E-state index contributed by atoms with van der Waals surface area (Å²) < 4.78 is 21.0. The van der Waals surface area contributed by atoms with Gasteiger partial charge in [0.1, 0.15) is 12.9 Å². The minimum absolute atomic E-state index is 0.175. The van der Waals surface area contributed by atoms with Crippen LogP contribution in [0.4, 0.5) is 4.39 Å². The molecule has 5 nitrogen and oxygen atoms in total. The predicted octanol–water partition coefficient (Wildman–Crippen LogP) is 1.86. The average molecular weight is 264 g/mol. The Balaban J connectivity index is 2.12. The van der Waals surface area contributed by atoms with Gasteiger partial charge in [0, 0.05) is 18.7 Å². The summed E-state index contributed by atoms with van der Waals surface area (Å²) in [5.74, 6) is 0.452. The predicted molar refractivity (Wildman–Crippen MR) is 68.9 cm³/mol. The molecule has 19 heavy (non-hydrogen) atoms. The van der Waals surface area contributed by atoms with E-state index in [1.165, 1.54) is 12.4 Å². The van der Waals surface area contributed by atoms with Crippen LogP contribution in [0.3, 0.4) is 0 Å². The highest BCUT2D eigenvalue weighted by molar-refractivity contribution is 5.34. The normalized spacial score (nSPS) is 10.7. The molecule has 0 aliphatic heterocycles. The minimum Gasteiger partial charge on any atom is -0.482 e. The number of benzene rings is 1. The van der Waals surface area contributed by atoms with Crippen LogP contribution in [0, 0.1) is 5.82 Å². The first-order valence-corrected chi connectivity index (χ1v) is 6.23. The van der Waals surface area contributed by atoms with E-state index in [4.69, 9.17) is 10.5 Å². The van der Waals surface area contributed by atoms with Crippen molar-refractivity contribution in [3.63, 3.8) is 0 Å². The summed E-state index contributed by atoms with van der Waals surface area (Å²) in [4.78, 5) is 4.11. The van der Waals surface area contributed by atoms with Gasteiger partial charge < -0.3 is 10.5 Å². The van der Waals surface area contributed by atoms with E-state index in [9.17, 15) is 4.39 Å². The molecule has 2 aromatic rings. The first-order valence-electron chi connectivity index (χ1n) is 6.23. The lowest BCUT2D eigenvalue weighted by atomic mass is 10.2. The summed E-state index contributed by atoms with van der Waals surface area (Å²) >= 11 is 0. The van der Waals surface area contributed by atoms with E-state index < -0.39 is 5.82 Å². The Morgan fingerprint density at radius 1 is 1.42 bits per heavy atom. The quantitative estimate of drug-likeness (QED) is 0.865. The second-order valence-electron chi connectivity index (χ2n) is 4.12. The van der Waals surface area contributed by atoms with Crippen molar-refractivity contribution in [3.05, 3.63) is 41.7 Å². The number of nitrogens with zero attached hydrogens (tertiary/aromatic N) is 3. The minimum atomic E-state index is -0.412. The smallest absolute Gasteiger partial charge is 0.165 e. The van der Waals surface area contributed by atoms with Crippen LogP contribution in [0.25, 0.3) is 0 Å². The zero-order valence-electron chi connectivity index (χ0n) is 10.8. The number of nitrogens with two attached hydrogens (primary N) is 1. The molecule has 6 heteroatoms. The van der Waals surface area contributed by atoms with Crippen molar-refractivity contribution in [2.75, 3.05) is 0 Å². The Bertz CT molecular complexity index is 541. The fraction of sp³-hybridized carbons (Fsp3) is 0.385. The Hall–Kier alpha value is -1.95. The molecule has 0 aliphatic carbocycles. The molecule has 0 unspecified atom stereocenters. The lowest BCUT2D eigenvalue weighted by molar-refractivity contribution is 0.269. The van der Waals surface area contributed by atoms with E-state index in [0.29, 0.717) is 11.4 Å². The highest BCUT2D eigenvalue weighted by atomic mass is 19.1. The van der Waals surface area contributed by atoms with Crippen molar-refractivity contribution < 1.29 is 9.13 Å². The Kier molecular flexibility index (Phi) is 4.46. The van der Waals surface area contributed by atoms with Crippen molar-refractivity contribution in [1.82, 2.24) is 14.8 Å². The number of ether oxygens (including phenoxy) is 1. The summed E-state index contributed by atoms with van der Waals surface area (Å²) in [5, 5.41) is 4.09. The molecular formula is C13H17FN4O. The van der Waals surface area contributed by atoms with Gasteiger partial charge in [-0.25, -0.2) is 14.1 Å². The van der Waals surface area contributed by atoms with Crippen LogP contribution >= 0.6 is 0 Å². The third-order valence-electron chi connectivity index (χ3n) is 2.75. The second kappa shape index (κ2) is 6.29. The highest BCUT2D eigenvalue weighted by Gasteiger charge is 2.11. The Morgan fingerprint density at radius 2 is 2.26 bits per heavy atom. The van der Waals surface area contributed by atoms with E-state index >= 15 is 0 Å². The van der Waals surface area contributed by atoms with Gasteiger partial charge in [-0.15, -0.1) is 0 Å². The van der Waals surface area contributed by atoms with Crippen LogP contribution in [0.5, 0.6) is 5.75 Å². The number of hydrogen-bond donors (Lipinski definition) is 1. The maximum Gasteiger partial charge on any atom is 0.165 e. The van der Waals surface area contributed by atoms with Crippen molar-refractivity contribution in [2.24, 2.45) is 5.73 Å². The molecule has 2 rings (SSSR count). The van der Waals surface area contributed by atoms with Crippen LogP contribution in [0.1, 0.15) is 24.7 Å². The molecular weight excluding hydrogens is 247 g/mol. The number of aryl methyl sites for hydroxylation is 1. The summed E-state index contributed by atoms with van der Waals surface area (Å²) in [6.07, 6.45) is 2.42. The molecule has 0 bridgehead atoms. The standard InChI is InChI=1S/C13H17FN4O/c1-2-6-18-12(16-9-17-18)8-19-13-10(7-15)4-3-5-11(13)14/h3-5,9H,2,6-8,15H2,1H3. The zero-order chi connectivity index (χ0) is 13.7. The third-order valence-corrected chi connectivity index (χ3v) is 2.75. The van der Waals surface area contributed by atoms with Crippen LogP contribution in [-0.2, 0) is 19.7 Å². The maximum atomic E-state index is 13.7. The topological polar surface area (TPSA) is 66.0 Å². The van der Waals surface area contributed by atoms with E-state index in [2.05, 4.69) is 17.0 Å². The monoisotopic (exact) mass is 264 g/mol. The fourth-order valence-corrected chi connectivity index (χ4v) is 1.81. The van der Waals surface area contributed by atoms with Crippen molar-refractivity contribution >= 4 is 0 Å². The summed E-state index contributed by atoms with van der Waals surface area (Å²) in [6, 6.07) is 4.71. The van der Waals surface area contributed by atoms with Gasteiger partial charge in [-0.2, -0.15) is 5.10 Å². The molecule has 0 saturated carbocycles. The van der Waals surface area contributed by atoms with E-state index in [1.54, 1.807) is 16.8 Å². The number of hydrogen-bond acceptors (Lipinski definition) is 4. The Labute approximate surface area is 111 Å². The van der Waals surface area contributed by atoms with E-state index in [0.717, 1.165) is 13.0 Å². The molecule has 1 heterocycles. The van der Waals surface area contributed by atoms with Gasteiger partial charge >= 0.3 is 0 Å². The lowest BCUT2D eigenvalue weighted by Gasteiger charge is -2.11. The Morgan fingerprint density at radius 3 is 3.00 bits per heavy atom. The molecule has 0 aliphatic rings. The van der Waals surface area contributed by atoms with Gasteiger partial charge in [0.05, 0.1) is 0 Å². The number of rotatable bonds is 6. The molecule has 0 spiro atoms. The molecule has 1 aromatic heterocycles. The van der Waals surface area contributed by atoms with Crippen molar-refractivity contribution in [1.29, 1.82) is 0 Å². The average Bonchev–Trinajstić information content (AvgIpc) is 2.85. The molecule has 0 radical (unpaired) electrons. The number of aromatic nitrogens is 3. The summed E-state index contributed by atoms with van der Waals surface area (Å²) in [5.41, 5.74) is 6.21. The van der Waals surface area contributed by atoms with Crippen LogP contribution in [0.15, 0.2) is 24.5 Å². The molecule has 1 aromatic carbocycles. The number of halogens is 1. The molecule has 0 atom stereocenters. The van der Waals surface area contributed by atoms with Gasteiger partial charge in [0.2, 0.25) is 0 Å². The van der Waals surface area contributed by atoms with Crippen LogP contribution in [-0.4, -0.2) is 14.8 Å². The molecule has 0 fully saturated rings. The van der Waals surface area contributed by atoms with Gasteiger partial charge in [0.15, 0.2) is 17.4 Å². The zero-order valence-corrected chi connectivity index (χ0v) is 10.8. The van der Waals surface area contributed by atoms with Gasteiger partial charge in [-0.3, -0.25) is 0 Å². The summed E-state index contributed by atoms with van der Waals surface area (Å²) in [6.45, 7) is 3.22. The first-order chi connectivity index (χ1) is 9.26. The molecule has 0 amide bonds. The first kappa shape index (κ1) is 13.5. The van der Waals surface area contributed by atoms with Gasteiger partial charge in [-0.1, -0.05) is 19.1 Å². The molecule has 102 valence electrons. The summed E-state index contributed by atoms with van der Waals surface area (Å²) in [7, 11) is 0. The van der Waals surface area contributed by atoms with Crippen LogP contribution in [0.2, 0.25) is 0 Å². The second-order valence-corrected chi connectivity index (χ2v) is 4.12. The van der Waals surface area contributed by atoms with Crippen molar-refractivity contribution in [3.8, 4) is 5.75 Å².